The fourth-order valence-electron chi connectivity index (χ4n) is 1.83. The summed E-state index contributed by atoms with van der Waals surface area (Å²) in [6.07, 6.45) is 2.68. The summed E-state index contributed by atoms with van der Waals surface area (Å²) in [5.74, 6) is 0.853. The van der Waals surface area contributed by atoms with E-state index in [2.05, 4.69) is 4.98 Å². The van der Waals surface area contributed by atoms with Gasteiger partial charge < -0.3 is 10.5 Å². The molecule has 0 fully saturated rings. The van der Waals surface area contributed by atoms with Gasteiger partial charge in [0.15, 0.2) is 0 Å². The van der Waals surface area contributed by atoms with Crippen LogP contribution in [0.2, 0.25) is 0 Å². The second-order valence-electron chi connectivity index (χ2n) is 4.03. The van der Waals surface area contributed by atoms with Gasteiger partial charge in [-0.3, -0.25) is 4.98 Å². The standard InChI is InChI=1S/C13H16N2O/c1-9(14)7-10-5-6-15-13-4-3-11(16-2)8-12(10)13/h3-6,8-9H,7,14H2,1-2H3/t9-/m0/s1. The number of methoxy groups -OCH3 is 1. The van der Waals surface area contributed by atoms with Crippen molar-refractivity contribution in [2.75, 3.05) is 7.11 Å². The highest BCUT2D eigenvalue weighted by Gasteiger charge is 2.05. The number of aromatic nitrogens is 1. The lowest BCUT2D eigenvalue weighted by atomic mass is 10.0. The fourth-order valence-corrected chi connectivity index (χ4v) is 1.83. The number of rotatable bonds is 3. The Morgan fingerprint density at radius 2 is 2.19 bits per heavy atom. The summed E-state index contributed by atoms with van der Waals surface area (Å²) < 4.78 is 5.22. The zero-order valence-electron chi connectivity index (χ0n) is 9.60. The molecule has 0 radical (unpaired) electrons. The highest BCUT2D eigenvalue weighted by atomic mass is 16.5. The van der Waals surface area contributed by atoms with Gasteiger partial charge in [0.05, 0.1) is 12.6 Å². The maximum absolute atomic E-state index is 5.83. The van der Waals surface area contributed by atoms with Crippen molar-refractivity contribution in [2.45, 2.75) is 19.4 Å². The molecule has 0 bridgehead atoms. The van der Waals surface area contributed by atoms with Gasteiger partial charge in [0.1, 0.15) is 5.75 Å². The molecule has 1 aromatic carbocycles. The average molecular weight is 216 g/mol. The molecule has 16 heavy (non-hydrogen) atoms. The van der Waals surface area contributed by atoms with Crippen molar-refractivity contribution in [3.63, 3.8) is 0 Å². The number of nitrogens with two attached hydrogens (primary N) is 1. The normalized spacial score (nSPS) is 12.7. The highest BCUT2D eigenvalue weighted by molar-refractivity contribution is 5.83. The van der Waals surface area contributed by atoms with Gasteiger partial charge in [-0.05, 0) is 43.2 Å². The predicted octanol–water partition coefficient (Wildman–Crippen LogP) is 2.13. The molecule has 0 unspecified atom stereocenters. The lowest BCUT2D eigenvalue weighted by Crippen LogP contribution is -2.17. The van der Waals surface area contributed by atoms with Crippen LogP contribution >= 0.6 is 0 Å². The summed E-state index contributed by atoms with van der Waals surface area (Å²) in [6.45, 7) is 2.01. The number of pyridine rings is 1. The molecule has 0 aliphatic rings. The van der Waals surface area contributed by atoms with E-state index in [0.29, 0.717) is 0 Å². The van der Waals surface area contributed by atoms with Crippen LogP contribution < -0.4 is 10.5 Å². The molecular formula is C13H16N2O. The van der Waals surface area contributed by atoms with Crippen LogP contribution in [0.15, 0.2) is 30.5 Å². The first-order valence-electron chi connectivity index (χ1n) is 5.38. The molecule has 2 rings (SSSR count). The van der Waals surface area contributed by atoms with Gasteiger partial charge in [0, 0.05) is 17.6 Å². The van der Waals surface area contributed by atoms with E-state index < -0.39 is 0 Å². The van der Waals surface area contributed by atoms with Crippen LogP contribution in [-0.2, 0) is 6.42 Å². The summed E-state index contributed by atoms with van der Waals surface area (Å²) in [6, 6.07) is 8.08. The second kappa shape index (κ2) is 4.49. The van der Waals surface area contributed by atoms with E-state index in [-0.39, 0.29) is 6.04 Å². The van der Waals surface area contributed by atoms with Crippen LogP contribution in [-0.4, -0.2) is 18.1 Å². The summed E-state index contributed by atoms with van der Waals surface area (Å²) in [7, 11) is 1.67. The molecule has 1 heterocycles. The molecule has 2 N–H and O–H groups in total. The van der Waals surface area contributed by atoms with Gasteiger partial charge in [-0.1, -0.05) is 0 Å². The predicted molar refractivity (Wildman–Crippen MR) is 65.6 cm³/mol. The van der Waals surface area contributed by atoms with Gasteiger partial charge in [-0.2, -0.15) is 0 Å². The molecular weight excluding hydrogens is 200 g/mol. The topological polar surface area (TPSA) is 48.1 Å². The molecule has 1 aromatic heterocycles. The maximum Gasteiger partial charge on any atom is 0.119 e. The molecule has 84 valence electrons. The molecule has 2 aromatic rings. The van der Waals surface area contributed by atoms with Crippen molar-refractivity contribution in [1.29, 1.82) is 0 Å². The monoisotopic (exact) mass is 216 g/mol. The van der Waals surface area contributed by atoms with Crippen LogP contribution in [0.5, 0.6) is 5.75 Å². The van der Waals surface area contributed by atoms with E-state index in [1.54, 1.807) is 7.11 Å². The Morgan fingerprint density at radius 1 is 1.38 bits per heavy atom. The lowest BCUT2D eigenvalue weighted by molar-refractivity contribution is 0.415. The van der Waals surface area contributed by atoms with Gasteiger partial charge >= 0.3 is 0 Å². The minimum Gasteiger partial charge on any atom is -0.497 e. The van der Waals surface area contributed by atoms with E-state index >= 15 is 0 Å². The van der Waals surface area contributed by atoms with Crippen molar-refractivity contribution in [2.24, 2.45) is 5.73 Å². The largest absolute Gasteiger partial charge is 0.497 e. The van der Waals surface area contributed by atoms with Crippen LogP contribution in [0.25, 0.3) is 10.9 Å². The van der Waals surface area contributed by atoms with Gasteiger partial charge in [-0.15, -0.1) is 0 Å². The molecule has 0 spiro atoms. The molecule has 1 atom stereocenters. The third kappa shape index (κ3) is 2.14. The van der Waals surface area contributed by atoms with E-state index in [1.165, 1.54) is 5.56 Å². The van der Waals surface area contributed by atoms with Gasteiger partial charge in [-0.25, -0.2) is 0 Å². The summed E-state index contributed by atoms with van der Waals surface area (Å²) in [5, 5.41) is 1.12. The Kier molecular flexibility index (Phi) is 3.06. The van der Waals surface area contributed by atoms with E-state index in [0.717, 1.165) is 23.1 Å². The Balaban J connectivity index is 2.55. The van der Waals surface area contributed by atoms with Crippen molar-refractivity contribution in [3.05, 3.63) is 36.0 Å². The van der Waals surface area contributed by atoms with Crippen LogP contribution in [0, 0.1) is 0 Å². The van der Waals surface area contributed by atoms with Crippen molar-refractivity contribution >= 4 is 10.9 Å². The Labute approximate surface area is 95.2 Å². The molecule has 3 nitrogen and oxygen atoms in total. The van der Waals surface area contributed by atoms with E-state index in [9.17, 15) is 0 Å². The number of fused-ring (bicyclic) bond motifs is 1. The van der Waals surface area contributed by atoms with Crippen LogP contribution in [0.1, 0.15) is 12.5 Å². The van der Waals surface area contributed by atoms with Gasteiger partial charge in [0.25, 0.3) is 0 Å². The molecule has 0 aliphatic heterocycles. The number of nitrogens with zero attached hydrogens (tertiary/aromatic N) is 1. The first kappa shape index (κ1) is 10.9. The quantitative estimate of drug-likeness (QED) is 0.855. The van der Waals surface area contributed by atoms with E-state index in [4.69, 9.17) is 10.5 Å². The first-order chi connectivity index (χ1) is 7.70. The third-order valence-electron chi connectivity index (χ3n) is 2.58. The Bertz CT molecular complexity index is 494. The minimum absolute atomic E-state index is 0.150. The lowest BCUT2D eigenvalue weighted by Gasteiger charge is -2.09. The van der Waals surface area contributed by atoms with Crippen LogP contribution in [0.3, 0.4) is 0 Å². The second-order valence-corrected chi connectivity index (χ2v) is 4.03. The summed E-state index contributed by atoms with van der Waals surface area (Å²) >= 11 is 0. The maximum atomic E-state index is 5.83. The average Bonchev–Trinajstić information content (AvgIpc) is 2.28. The number of hydrogen-bond acceptors (Lipinski definition) is 3. The highest BCUT2D eigenvalue weighted by Crippen LogP contribution is 2.23. The zero-order valence-corrected chi connectivity index (χ0v) is 9.60. The van der Waals surface area contributed by atoms with Gasteiger partial charge in [0.2, 0.25) is 0 Å². The molecule has 3 heteroatoms. The number of ether oxygens (including phenoxy) is 1. The van der Waals surface area contributed by atoms with Crippen molar-refractivity contribution in [1.82, 2.24) is 4.98 Å². The first-order valence-corrected chi connectivity index (χ1v) is 5.38. The molecule has 0 amide bonds. The minimum atomic E-state index is 0.150. The molecule has 0 saturated carbocycles. The number of hydrogen-bond donors (Lipinski definition) is 1. The summed E-state index contributed by atoms with van der Waals surface area (Å²) in [4.78, 5) is 4.33. The zero-order chi connectivity index (χ0) is 11.5. The SMILES string of the molecule is COc1ccc2nccc(C[C@H](C)N)c2c1. The Morgan fingerprint density at radius 3 is 2.88 bits per heavy atom. The number of benzene rings is 1. The Hall–Kier alpha value is -1.61. The molecule has 0 aliphatic carbocycles. The molecule has 0 saturated heterocycles. The van der Waals surface area contributed by atoms with E-state index in [1.807, 2.05) is 37.4 Å². The van der Waals surface area contributed by atoms with Crippen molar-refractivity contribution in [3.8, 4) is 5.75 Å². The van der Waals surface area contributed by atoms with Crippen molar-refractivity contribution < 1.29 is 4.74 Å². The third-order valence-corrected chi connectivity index (χ3v) is 2.58. The van der Waals surface area contributed by atoms with Crippen LogP contribution in [0.4, 0.5) is 0 Å². The smallest absolute Gasteiger partial charge is 0.119 e. The summed E-state index contributed by atoms with van der Waals surface area (Å²) in [5.41, 5.74) is 8.04. The fraction of sp³-hybridized carbons (Fsp3) is 0.308.